The highest BCUT2D eigenvalue weighted by molar-refractivity contribution is 6.02. The number of nitrogens with one attached hydrogen (secondary N) is 1. The zero-order chi connectivity index (χ0) is 22.1. The lowest BCUT2D eigenvalue weighted by molar-refractivity contribution is 0.0697. The Bertz CT molecular complexity index is 1250. The Kier molecular flexibility index (Phi) is 5.55. The second kappa shape index (κ2) is 8.31. The van der Waals surface area contributed by atoms with Crippen LogP contribution in [0.1, 0.15) is 43.9 Å². The van der Waals surface area contributed by atoms with Gasteiger partial charge < -0.3 is 15.0 Å². The number of carboxylic acids is 1. The van der Waals surface area contributed by atoms with Gasteiger partial charge in [-0.05, 0) is 67.6 Å². The smallest absolute Gasteiger partial charge is 0.335 e. The number of fused-ring (bicyclic) bond motifs is 1. The van der Waals surface area contributed by atoms with Crippen molar-refractivity contribution in [2.24, 2.45) is 0 Å². The number of aryl methyl sites for hydroxylation is 3. The summed E-state index contributed by atoms with van der Waals surface area (Å²) < 4.78 is 2.29. The van der Waals surface area contributed by atoms with Crippen molar-refractivity contribution in [1.82, 2.24) is 4.57 Å². The lowest BCUT2D eigenvalue weighted by Crippen LogP contribution is -2.08. The van der Waals surface area contributed by atoms with Gasteiger partial charge in [0.2, 0.25) is 0 Å². The van der Waals surface area contributed by atoms with Crippen LogP contribution in [0.5, 0.6) is 0 Å². The molecule has 158 valence electrons. The van der Waals surface area contributed by atoms with Crippen LogP contribution in [0.3, 0.4) is 0 Å². The van der Waals surface area contributed by atoms with Gasteiger partial charge in [0.25, 0.3) is 0 Å². The molecule has 4 rings (SSSR count). The highest BCUT2D eigenvalue weighted by Crippen LogP contribution is 2.34. The molecule has 0 aliphatic carbocycles. The van der Waals surface area contributed by atoms with Crippen molar-refractivity contribution in [3.8, 4) is 0 Å². The summed E-state index contributed by atoms with van der Waals surface area (Å²) >= 11 is 0. The number of aromatic nitrogens is 1. The van der Waals surface area contributed by atoms with Crippen LogP contribution in [0.2, 0.25) is 0 Å². The Balaban J connectivity index is 1.85. The van der Waals surface area contributed by atoms with Crippen molar-refractivity contribution < 1.29 is 9.90 Å². The predicted octanol–water partition coefficient (Wildman–Crippen LogP) is 6.23. The standard InChI is InChI=1S/C27H28N2O2/c1-17-9-8-10-18(2)24(17)15-28-25-14-22(27(30)31)13-23-19(3)20(4)29(26(23)25)16-21-11-6-5-7-12-21/h5-14,28H,15-16H2,1-4H3,(H,30,31). The minimum Gasteiger partial charge on any atom is -0.478 e. The number of carboxylic acid groups (broad SMARTS) is 1. The van der Waals surface area contributed by atoms with E-state index < -0.39 is 5.97 Å². The van der Waals surface area contributed by atoms with Gasteiger partial charge in [-0.1, -0.05) is 48.5 Å². The summed E-state index contributed by atoms with van der Waals surface area (Å²) in [6.07, 6.45) is 0. The highest BCUT2D eigenvalue weighted by atomic mass is 16.4. The molecule has 3 aromatic carbocycles. The molecule has 4 nitrogen and oxygen atoms in total. The van der Waals surface area contributed by atoms with Crippen molar-refractivity contribution >= 4 is 22.6 Å². The van der Waals surface area contributed by atoms with Gasteiger partial charge in [0, 0.05) is 24.2 Å². The van der Waals surface area contributed by atoms with Crippen LogP contribution in [-0.4, -0.2) is 15.6 Å². The topological polar surface area (TPSA) is 54.3 Å². The Morgan fingerprint density at radius 3 is 2.26 bits per heavy atom. The van der Waals surface area contributed by atoms with Crippen molar-refractivity contribution in [3.63, 3.8) is 0 Å². The van der Waals surface area contributed by atoms with Gasteiger partial charge in [0.1, 0.15) is 0 Å². The first kappa shape index (κ1) is 20.7. The summed E-state index contributed by atoms with van der Waals surface area (Å²) in [5.74, 6) is -0.912. The van der Waals surface area contributed by atoms with E-state index >= 15 is 0 Å². The third-order valence-corrected chi connectivity index (χ3v) is 6.26. The molecule has 0 spiro atoms. The van der Waals surface area contributed by atoms with E-state index in [0.717, 1.165) is 34.4 Å². The molecule has 0 unspecified atom stereocenters. The fraction of sp³-hybridized carbons (Fsp3) is 0.222. The predicted molar refractivity (Wildman–Crippen MR) is 127 cm³/mol. The maximum atomic E-state index is 11.8. The number of hydrogen-bond acceptors (Lipinski definition) is 2. The average Bonchev–Trinajstić information content (AvgIpc) is 2.99. The molecule has 0 aliphatic heterocycles. The van der Waals surface area contributed by atoms with Crippen molar-refractivity contribution in [1.29, 1.82) is 0 Å². The number of benzene rings is 3. The molecule has 1 heterocycles. The summed E-state index contributed by atoms with van der Waals surface area (Å²) in [5, 5.41) is 14.3. The lowest BCUT2D eigenvalue weighted by Gasteiger charge is -2.16. The van der Waals surface area contributed by atoms with Crippen molar-refractivity contribution in [2.45, 2.75) is 40.8 Å². The van der Waals surface area contributed by atoms with E-state index in [1.807, 2.05) is 18.2 Å². The summed E-state index contributed by atoms with van der Waals surface area (Å²) in [7, 11) is 0. The maximum Gasteiger partial charge on any atom is 0.335 e. The van der Waals surface area contributed by atoms with Gasteiger partial charge in [-0.15, -0.1) is 0 Å². The first-order valence-corrected chi connectivity index (χ1v) is 10.6. The largest absolute Gasteiger partial charge is 0.478 e. The highest BCUT2D eigenvalue weighted by Gasteiger charge is 2.18. The monoisotopic (exact) mass is 412 g/mol. The minimum atomic E-state index is -0.912. The van der Waals surface area contributed by atoms with Crippen molar-refractivity contribution in [2.75, 3.05) is 5.32 Å². The van der Waals surface area contributed by atoms with E-state index in [1.54, 1.807) is 12.1 Å². The lowest BCUT2D eigenvalue weighted by atomic mass is 10.0. The molecule has 4 heteroatoms. The third kappa shape index (κ3) is 3.93. The zero-order valence-corrected chi connectivity index (χ0v) is 18.5. The van der Waals surface area contributed by atoms with Gasteiger partial charge in [0.15, 0.2) is 0 Å². The number of carbonyl (C=O) groups is 1. The molecule has 0 amide bonds. The minimum absolute atomic E-state index is 0.302. The number of aromatic carboxylic acids is 1. The molecule has 0 saturated heterocycles. The Morgan fingerprint density at radius 1 is 0.935 bits per heavy atom. The van der Waals surface area contributed by atoms with Crippen LogP contribution in [0.4, 0.5) is 5.69 Å². The SMILES string of the molecule is Cc1cccc(C)c1CNc1cc(C(=O)O)cc2c(C)c(C)n(Cc3ccccc3)c12. The molecule has 0 fully saturated rings. The molecular weight excluding hydrogens is 384 g/mol. The van der Waals surface area contributed by atoms with Gasteiger partial charge >= 0.3 is 5.97 Å². The summed E-state index contributed by atoms with van der Waals surface area (Å²) in [6, 6.07) is 20.2. The molecule has 4 aromatic rings. The van der Waals surface area contributed by atoms with Gasteiger partial charge in [-0.25, -0.2) is 4.79 Å². The maximum absolute atomic E-state index is 11.8. The van der Waals surface area contributed by atoms with E-state index in [1.165, 1.54) is 22.3 Å². The third-order valence-electron chi connectivity index (χ3n) is 6.26. The number of nitrogens with zero attached hydrogens (tertiary/aromatic N) is 1. The first-order valence-electron chi connectivity index (χ1n) is 10.6. The van der Waals surface area contributed by atoms with Crippen LogP contribution < -0.4 is 5.32 Å². The second-order valence-corrected chi connectivity index (χ2v) is 8.23. The second-order valence-electron chi connectivity index (χ2n) is 8.23. The summed E-state index contributed by atoms with van der Waals surface area (Å²) in [5.41, 5.74) is 9.38. The van der Waals surface area contributed by atoms with Crippen LogP contribution in [-0.2, 0) is 13.1 Å². The fourth-order valence-corrected chi connectivity index (χ4v) is 4.31. The van der Waals surface area contributed by atoms with E-state index in [4.69, 9.17) is 0 Å². The number of rotatable bonds is 6. The van der Waals surface area contributed by atoms with Crippen LogP contribution in [0.25, 0.3) is 10.9 Å². The van der Waals surface area contributed by atoms with E-state index in [2.05, 4.69) is 67.9 Å². The van der Waals surface area contributed by atoms with E-state index in [9.17, 15) is 9.90 Å². The Hall–Kier alpha value is -3.53. The van der Waals surface area contributed by atoms with Gasteiger partial charge in [-0.3, -0.25) is 0 Å². The van der Waals surface area contributed by atoms with E-state index in [0.29, 0.717) is 12.1 Å². The fourth-order valence-electron chi connectivity index (χ4n) is 4.31. The molecule has 31 heavy (non-hydrogen) atoms. The molecule has 0 atom stereocenters. The number of hydrogen-bond donors (Lipinski definition) is 2. The Labute approximate surface area is 183 Å². The van der Waals surface area contributed by atoms with E-state index in [-0.39, 0.29) is 0 Å². The molecule has 0 bridgehead atoms. The van der Waals surface area contributed by atoms with Crippen LogP contribution in [0.15, 0.2) is 60.7 Å². The molecule has 0 saturated carbocycles. The molecule has 2 N–H and O–H groups in total. The molecule has 1 aromatic heterocycles. The average molecular weight is 413 g/mol. The normalized spacial score (nSPS) is 11.1. The zero-order valence-electron chi connectivity index (χ0n) is 18.5. The summed E-state index contributed by atoms with van der Waals surface area (Å²) in [4.78, 5) is 11.8. The molecule has 0 radical (unpaired) electrons. The Morgan fingerprint density at radius 2 is 1.61 bits per heavy atom. The molecule has 0 aliphatic rings. The summed E-state index contributed by atoms with van der Waals surface area (Å²) in [6.45, 7) is 9.78. The number of anilines is 1. The van der Waals surface area contributed by atoms with Crippen LogP contribution >= 0.6 is 0 Å². The first-order chi connectivity index (χ1) is 14.9. The quantitative estimate of drug-likeness (QED) is 0.394. The van der Waals surface area contributed by atoms with Gasteiger partial charge in [0.05, 0.1) is 16.8 Å². The van der Waals surface area contributed by atoms with Gasteiger partial charge in [-0.2, -0.15) is 0 Å². The van der Waals surface area contributed by atoms with Crippen LogP contribution in [0, 0.1) is 27.7 Å². The van der Waals surface area contributed by atoms with Crippen molar-refractivity contribution in [3.05, 3.63) is 99.7 Å². The molecular formula is C27H28N2O2.